The molecule has 1 aromatic heterocycles. The van der Waals surface area contributed by atoms with Crippen LogP contribution in [0.5, 0.6) is 0 Å². The van der Waals surface area contributed by atoms with Crippen LogP contribution in [-0.4, -0.2) is 33.9 Å². The normalized spacial score (nSPS) is 14.6. The fraction of sp³-hybridized carbons (Fsp3) is 0.292. The first kappa shape index (κ1) is 19.1. The van der Waals surface area contributed by atoms with Gasteiger partial charge in [-0.2, -0.15) is 0 Å². The van der Waals surface area contributed by atoms with Crippen LogP contribution >= 0.6 is 0 Å². The van der Waals surface area contributed by atoms with Crippen LogP contribution in [0.25, 0.3) is 0 Å². The fourth-order valence-corrected chi connectivity index (χ4v) is 3.74. The Balaban J connectivity index is 1.31. The number of aromatic nitrogens is 2. The third-order valence-corrected chi connectivity index (χ3v) is 5.46. The second-order valence-electron chi connectivity index (χ2n) is 7.70. The Hall–Kier alpha value is -3.21. The zero-order valence-electron chi connectivity index (χ0n) is 16.7. The lowest BCUT2D eigenvalue weighted by atomic mass is 9.90. The number of hydrogen-bond acceptors (Lipinski definition) is 4. The second-order valence-corrected chi connectivity index (χ2v) is 7.70. The van der Waals surface area contributed by atoms with Crippen molar-refractivity contribution in [2.45, 2.75) is 26.2 Å². The van der Waals surface area contributed by atoms with Gasteiger partial charge in [-0.3, -0.25) is 4.79 Å². The van der Waals surface area contributed by atoms with E-state index in [0.717, 1.165) is 38.0 Å². The lowest BCUT2D eigenvalue weighted by Gasteiger charge is -2.31. The first-order chi connectivity index (χ1) is 14.2. The average molecular weight is 386 g/mol. The van der Waals surface area contributed by atoms with Crippen LogP contribution in [0.1, 0.15) is 34.5 Å². The Kier molecular flexibility index (Phi) is 5.84. The number of likely N-dealkylation sites (tertiary alicyclic amines) is 1. The number of carbonyl (C=O) groups excluding carboxylic acids is 1. The molecule has 0 spiro atoms. The predicted octanol–water partition coefficient (Wildman–Crippen LogP) is 4.62. The number of rotatable bonds is 5. The molecule has 1 saturated heterocycles. The van der Waals surface area contributed by atoms with E-state index in [1.807, 2.05) is 35.2 Å². The molecule has 0 saturated carbocycles. The van der Waals surface area contributed by atoms with E-state index in [-0.39, 0.29) is 5.91 Å². The van der Waals surface area contributed by atoms with Crippen LogP contribution in [-0.2, 0) is 6.42 Å². The highest BCUT2D eigenvalue weighted by molar-refractivity contribution is 5.92. The van der Waals surface area contributed by atoms with Gasteiger partial charge in [-0.05, 0) is 49.8 Å². The van der Waals surface area contributed by atoms with Crippen molar-refractivity contribution >= 4 is 17.4 Å². The van der Waals surface area contributed by atoms with E-state index < -0.39 is 0 Å². The number of piperidine rings is 1. The molecule has 148 valence electrons. The van der Waals surface area contributed by atoms with E-state index in [1.54, 1.807) is 12.4 Å². The van der Waals surface area contributed by atoms with Crippen molar-refractivity contribution in [1.82, 2.24) is 14.9 Å². The van der Waals surface area contributed by atoms with Gasteiger partial charge >= 0.3 is 0 Å². The van der Waals surface area contributed by atoms with E-state index in [1.165, 1.54) is 11.1 Å². The molecule has 2 heterocycles. The van der Waals surface area contributed by atoms with Gasteiger partial charge in [0.1, 0.15) is 11.5 Å². The Morgan fingerprint density at radius 2 is 1.72 bits per heavy atom. The highest BCUT2D eigenvalue weighted by Gasteiger charge is 2.24. The molecule has 4 rings (SSSR count). The van der Waals surface area contributed by atoms with Crippen LogP contribution in [0, 0.1) is 12.8 Å². The smallest absolute Gasteiger partial charge is 0.274 e. The molecule has 1 aliphatic heterocycles. The Morgan fingerprint density at radius 3 is 2.38 bits per heavy atom. The standard InChI is InChI=1S/C24H26N4O/c1-18-7-9-21(10-8-18)27-23-17-25-22(16-26-23)24(29)28-13-11-20(12-14-28)15-19-5-3-2-4-6-19/h2-10,16-17,20H,11-15H2,1H3,(H,26,27). The minimum atomic E-state index is -0.0300. The number of anilines is 2. The van der Waals surface area contributed by atoms with Crippen LogP contribution in [0.15, 0.2) is 67.0 Å². The summed E-state index contributed by atoms with van der Waals surface area (Å²) in [7, 11) is 0. The Morgan fingerprint density at radius 1 is 1.00 bits per heavy atom. The molecule has 2 aromatic carbocycles. The molecule has 0 radical (unpaired) electrons. The van der Waals surface area contributed by atoms with Crippen molar-refractivity contribution < 1.29 is 4.79 Å². The summed E-state index contributed by atoms with van der Waals surface area (Å²) >= 11 is 0. The molecule has 0 atom stereocenters. The molecule has 0 unspecified atom stereocenters. The summed E-state index contributed by atoms with van der Waals surface area (Å²) in [4.78, 5) is 23.4. The number of hydrogen-bond donors (Lipinski definition) is 1. The molecule has 29 heavy (non-hydrogen) atoms. The van der Waals surface area contributed by atoms with E-state index in [0.29, 0.717) is 17.4 Å². The summed E-state index contributed by atoms with van der Waals surface area (Å²) in [6, 6.07) is 18.6. The van der Waals surface area contributed by atoms with Gasteiger partial charge in [0.25, 0.3) is 5.91 Å². The van der Waals surface area contributed by atoms with Crippen molar-refractivity contribution in [1.29, 1.82) is 0 Å². The molecule has 1 fully saturated rings. The number of nitrogens with one attached hydrogen (secondary N) is 1. The molecule has 5 heteroatoms. The van der Waals surface area contributed by atoms with Crippen molar-refractivity contribution in [3.05, 3.63) is 83.8 Å². The van der Waals surface area contributed by atoms with Gasteiger partial charge in [-0.25, -0.2) is 9.97 Å². The molecule has 0 aliphatic carbocycles. The third-order valence-electron chi connectivity index (χ3n) is 5.46. The molecular weight excluding hydrogens is 360 g/mol. The van der Waals surface area contributed by atoms with Crippen molar-refractivity contribution in [2.75, 3.05) is 18.4 Å². The van der Waals surface area contributed by atoms with Gasteiger partial charge in [-0.1, -0.05) is 48.0 Å². The van der Waals surface area contributed by atoms with E-state index >= 15 is 0 Å². The van der Waals surface area contributed by atoms with Crippen LogP contribution in [0.4, 0.5) is 11.5 Å². The molecule has 1 aliphatic rings. The number of carbonyl (C=O) groups is 1. The maximum absolute atomic E-state index is 12.8. The van der Waals surface area contributed by atoms with E-state index in [4.69, 9.17) is 0 Å². The molecule has 1 N–H and O–H groups in total. The minimum absolute atomic E-state index is 0.0300. The summed E-state index contributed by atoms with van der Waals surface area (Å²) in [6.45, 7) is 3.61. The highest BCUT2D eigenvalue weighted by Crippen LogP contribution is 2.23. The van der Waals surface area contributed by atoms with Crippen LogP contribution in [0.2, 0.25) is 0 Å². The largest absolute Gasteiger partial charge is 0.339 e. The molecule has 5 nitrogen and oxygen atoms in total. The quantitative estimate of drug-likeness (QED) is 0.695. The van der Waals surface area contributed by atoms with Crippen LogP contribution in [0.3, 0.4) is 0 Å². The predicted molar refractivity (Wildman–Crippen MR) is 115 cm³/mol. The lowest BCUT2D eigenvalue weighted by Crippen LogP contribution is -2.39. The van der Waals surface area contributed by atoms with Gasteiger partial charge in [0.2, 0.25) is 0 Å². The highest BCUT2D eigenvalue weighted by atomic mass is 16.2. The summed E-state index contributed by atoms with van der Waals surface area (Å²) < 4.78 is 0. The molecule has 1 amide bonds. The van der Waals surface area contributed by atoms with E-state index in [9.17, 15) is 4.79 Å². The monoisotopic (exact) mass is 386 g/mol. The molecule has 3 aromatic rings. The van der Waals surface area contributed by atoms with Crippen molar-refractivity contribution in [2.24, 2.45) is 5.92 Å². The molecular formula is C24H26N4O. The van der Waals surface area contributed by atoms with Gasteiger partial charge in [0.05, 0.1) is 12.4 Å². The summed E-state index contributed by atoms with van der Waals surface area (Å²) in [6.07, 6.45) is 6.33. The second kappa shape index (κ2) is 8.86. The third kappa shape index (κ3) is 4.99. The number of aryl methyl sites for hydroxylation is 1. The van der Waals surface area contributed by atoms with Gasteiger partial charge in [-0.15, -0.1) is 0 Å². The van der Waals surface area contributed by atoms with E-state index in [2.05, 4.69) is 46.5 Å². The number of amides is 1. The van der Waals surface area contributed by atoms with Crippen molar-refractivity contribution in [3.8, 4) is 0 Å². The van der Waals surface area contributed by atoms with Gasteiger partial charge in [0, 0.05) is 18.8 Å². The lowest BCUT2D eigenvalue weighted by molar-refractivity contribution is 0.0684. The zero-order valence-corrected chi connectivity index (χ0v) is 16.7. The summed E-state index contributed by atoms with van der Waals surface area (Å²) in [5.74, 6) is 1.23. The van der Waals surface area contributed by atoms with Gasteiger partial charge < -0.3 is 10.2 Å². The van der Waals surface area contributed by atoms with Crippen LogP contribution < -0.4 is 5.32 Å². The maximum atomic E-state index is 12.8. The SMILES string of the molecule is Cc1ccc(Nc2cnc(C(=O)N3CCC(Cc4ccccc4)CC3)cn2)cc1. The first-order valence-corrected chi connectivity index (χ1v) is 10.2. The Labute approximate surface area is 171 Å². The molecule has 0 bridgehead atoms. The Bertz CT molecular complexity index is 931. The number of benzene rings is 2. The zero-order chi connectivity index (χ0) is 20.1. The average Bonchev–Trinajstić information content (AvgIpc) is 2.77. The summed E-state index contributed by atoms with van der Waals surface area (Å²) in [5.41, 5.74) is 3.93. The maximum Gasteiger partial charge on any atom is 0.274 e. The first-order valence-electron chi connectivity index (χ1n) is 10.2. The fourth-order valence-electron chi connectivity index (χ4n) is 3.74. The van der Waals surface area contributed by atoms with Crippen molar-refractivity contribution in [3.63, 3.8) is 0 Å². The van der Waals surface area contributed by atoms with Gasteiger partial charge in [0.15, 0.2) is 0 Å². The minimum Gasteiger partial charge on any atom is -0.339 e. The summed E-state index contributed by atoms with van der Waals surface area (Å²) in [5, 5.41) is 3.21. The number of nitrogens with zero attached hydrogens (tertiary/aromatic N) is 3. The topological polar surface area (TPSA) is 58.1 Å².